The summed E-state index contributed by atoms with van der Waals surface area (Å²) in [6.07, 6.45) is 2.18. The molecule has 0 saturated carbocycles. The Labute approximate surface area is 128 Å². The van der Waals surface area contributed by atoms with Crippen molar-refractivity contribution in [1.82, 2.24) is 14.8 Å². The van der Waals surface area contributed by atoms with E-state index in [9.17, 15) is 9.59 Å². The Bertz CT molecular complexity index is 511. The lowest BCUT2D eigenvalue weighted by Gasteiger charge is -2.35. The number of carbonyl (C=O) groups excluding carboxylic acids is 2. The van der Waals surface area contributed by atoms with E-state index in [0.717, 1.165) is 31.3 Å². The standard InChI is InChI=1S/C14H20N4O2S/c1-2-16-10-11(9-12(16)19)13(20)17-4-6-18(7-5-17)14-15-3-8-21-14/h3,8,11H,2,4-7,9-10H2,1H3/t11-/m1/s1. The van der Waals surface area contributed by atoms with Crippen LogP contribution in [-0.2, 0) is 9.59 Å². The van der Waals surface area contributed by atoms with Gasteiger partial charge in [0.2, 0.25) is 11.8 Å². The van der Waals surface area contributed by atoms with Crippen LogP contribution in [0.15, 0.2) is 11.6 Å². The first kappa shape index (κ1) is 14.3. The van der Waals surface area contributed by atoms with Crippen LogP contribution in [-0.4, -0.2) is 65.9 Å². The van der Waals surface area contributed by atoms with Crippen molar-refractivity contribution in [3.8, 4) is 0 Å². The monoisotopic (exact) mass is 308 g/mol. The molecule has 0 spiro atoms. The average Bonchev–Trinajstić information content (AvgIpc) is 3.16. The summed E-state index contributed by atoms with van der Waals surface area (Å²) in [5.41, 5.74) is 0. The number of amides is 2. The Morgan fingerprint density at radius 2 is 2.14 bits per heavy atom. The number of aromatic nitrogens is 1. The van der Waals surface area contributed by atoms with Gasteiger partial charge in [-0.05, 0) is 6.92 Å². The van der Waals surface area contributed by atoms with Gasteiger partial charge in [-0.3, -0.25) is 9.59 Å². The average molecular weight is 308 g/mol. The summed E-state index contributed by atoms with van der Waals surface area (Å²) in [7, 11) is 0. The molecule has 1 aromatic heterocycles. The van der Waals surface area contributed by atoms with Crippen molar-refractivity contribution in [1.29, 1.82) is 0 Å². The quantitative estimate of drug-likeness (QED) is 0.823. The molecule has 2 aliphatic rings. The molecule has 3 heterocycles. The molecule has 114 valence electrons. The predicted molar refractivity (Wildman–Crippen MR) is 81.3 cm³/mol. The third-order valence-electron chi connectivity index (χ3n) is 4.23. The molecule has 0 bridgehead atoms. The molecule has 3 rings (SSSR count). The molecular weight excluding hydrogens is 288 g/mol. The van der Waals surface area contributed by atoms with Crippen molar-refractivity contribution in [2.45, 2.75) is 13.3 Å². The van der Waals surface area contributed by atoms with E-state index in [1.165, 1.54) is 0 Å². The van der Waals surface area contributed by atoms with Gasteiger partial charge in [0.1, 0.15) is 0 Å². The van der Waals surface area contributed by atoms with Gasteiger partial charge in [0.25, 0.3) is 0 Å². The summed E-state index contributed by atoms with van der Waals surface area (Å²) in [4.78, 5) is 34.5. The van der Waals surface area contributed by atoms with Crippen molar-refractivity contribution in [2.24, 2.45) is 5.92 Å². The van der Waals surface area contributed by atoms with Gasteiger partial charge in [-0.1, -0.05) is 0 Å². The number of hydrogen-bond acceptors (Lipinski definition) is 5. The van der Waals surface area contributed by atoms with Gasteiger partial charge in [0, 0.05) is 57.3 Å². The minimum Gasteiger partial charge on any atom is -0.345 e. The third-order valence-corrected chi connectivity index (χ3v) is 5.06. The van der Waals surface area contributed by atoms with E-state index in [0.29, 0.717) is 19.5 Å². The van der Waals surface area contributed by atoms with Crippen molar-refractivity contribution in [3.05, 3.63) is 11.6 Å². The molecule has 2 amide bonds. The molecule has 7 heteroatoms. The fourth-order valence-corrected chi connectivity index (χ4v) is 3.69. The lowest BCUT2D eigenvalue weighted by atomic mass is 10.1. The van der Waals surface area contributed by atoms with Gasteiger partial charge in [-0.15, -0.1) is 11.3 Å². The van der Waals surface area contributed by atoms with Crippen molar-refractivity contribution < 1.29 is 9.59 Å². The second-order valence-corrected chi connectivity index (χ2v) is 6.33. The first-order chi connectivity index (χ1) is 10.2. The molecule has 0 radical (unpaired) electrons. The number of nitrogens with zero attached hydrogens (tertiary/aromatic N) is 4. The van der Waals surface area contributed by atoms with E-state index in [-0.39, 0.29) is 17.7 Å². The zero-order valence-corrected chi connectivity index (χ0v) is 13.0. The minimum atomic E-state index is -0.149. The molecular formula is C14H20N4O2S. The second kappa shape index (κ2) is 6.01. The highest BCUT2D eigenvalue weighted by molar-refractivity contribution is 7.13. The first-order valence-corrected chi connectivity index (χ1v) is 8.28. The number of anilines is 1. The molecule has 0 aromatic carbocycles. The van der Waals surface area contributed by atoms with E-state index in [2.05, 4.69) is 9.88 Å². The van der Waals surface area contributed by atoms with Gasteiger partial charge in [0.15, 0.2) is 5.13 Å². The Morgan fingerprint density at radius 3 is 2.71 bits per heavy atom. The number of carbonyl (C=O) groups is 2. The van der Waals surface area contributed by atoms with Crippen LogP contribution in [0.25, 0.3) is 0 Å². The molecule has 0 aliphatic carbocycles. The number of rotatable bonds is 3. The van der Waals surface area contributed by atoms with Crippen molar-refractivity contribution >= 4 is 28.3 Å². The highest BCUT2D eigenvalue weighted by Gasteiger charge is 2.36. The van der Waals surface area contributed by atoms with Gasteiger partial charge in [0.05, 0.1) is 5.92 Å². The zero-order chi connectivity index (χ0) is 14.8. The number of likely N-dealkylation sites (tertiary alicyclic amines) is 1. The van der Waals surface area contributed by atoms with Crippen LogP contribution < -0.4 is 4.90 Å². The predicted octanol–water partition coefficient (Wildman–Crippen LogP) is 0.660. The van der Waals surface area contributed by atoms with Crippen LogP contribution in [0.4, 0.5) is 5.13 Å². The van der Waals surface area contributed by atoms with Crippen LogP contribution in [0.2, 0.25) is 0 Å². The SMILES string of the molecule is CCN1C[C@H](C(=O)N2CCN(c3nccs3)CC2)CC1=O. The maximum absolute atomic E-state index is 12.5. The topological polar surface area (TPSA) is 56.8 Å². The van der Waals surface area contributed by atoms with Crippen LogP contribution in [0.1, 0.15) is 13.3 Å². The maximum Gasteiger partial charge on any atom is 0.228 e. The Kier molecular flexibility index (Phi) is 4.10. The molecule has 1 aromatic rings. The third kappa shape index (κ3) is 2.88. The Hall–Kier alpha value is -1.63. The highest BCUT2D eigenvalue weighted by atomic mass is 32.1. The second-order valence-electron chi connectivity index (χ2n) is 5.46. The van der Waals surface area contributed by atoms with Crippen molar-refractivity contribution in [2.75, 3.05) is 44.2 Å². The number of hydrogen-bond donors (Lipinski definition) is 0. The largest absolute Gasteiger partial charge is 0.345 e. The van der Waals surface area contributed by atoms with Crippen LogP contribution in [0.5, 0.6) is 0 Å². The van der Waals surface area contributed by atoms with Crippen LogP contribution in [0.3, 0.4) is 0 Å². The smallest absolute Gasteiger partial charge is 0.228 e. The molecule has 0 unspecified atom stereocenters. The lowest BCUT2D eigenvalue weighted by molar-refractivity contribution is -0.136. The summed E-state index contributed by atoms with van der Waals surface area (Å²) in [6, 6.07) is 0. The van der Waals surface area contributed by atoms with E-state index in [4.69, 9.17) is 0 Å². The fraction of sp³-hybridized carbons (Fsp3) is 0.643. The zero-order valence-electron chi connectivity index (χ0n) is 12.2. The number of thiazole rings is 1. The van der Waals surface area contributed by atoms with Gasteiger partial charge < -0.3 is 14.7 Å². The van der Waals surface area contributed by atoms with Crippen molar-refractivity contribution in [3.63, 3.8) is 0 Å². The molecule has 6 nitrogen and oxygen atoms in total. The van der Waals surface area contributed by atoms with E-state index < -0.39 is 0 Å². The van der Waals surface area contributed by atoms with Gasteiger partial charge in [-0.25, -0.2) is 4.98 Å². The van der Waals surface area contributed by atoms with Gasteiger partial charge in [-0.2, -0.15) is 0 Å². The van der Waals surface area contributed by atoms with Crippen LogP contribution >= 0.6 is 11.3 Å². The molecule has 2 fully saturated rings. The maximum atomic E-state index is 12.5. The highest BCUT2D eigenvalue weighted by Crippen LogP contribution is 2.23. The summed E-state index contributed by atoms with van der Waals surface area (Å²) in [5.74, 6) is 0.0965. The Balaban J connectivity index is 1.55. The molecule has 2 aliphatic heterocycles. The van der Waals surface area contributed by atoms with E-state index in [1.54, 1.807) is 22.4 Å². The van der Waals surface area contributed by atoms with E-state index >= 15 is 0 Å². The molecule has 1 atom stereocenters. The summed E-state index contributed by atoms with van der Waals surface area (Å²) in [6.45, 7) is 6.30. The first-order valence-electron chi connectivity index (χ1n) is 7.40. The summed E-state index contributed by atoms with van der Waals surface area (Å²) >= 11 is 1.63. The summed E-state index contributed by atoms with van der Waals surface area (Å²) in [5, 5.41) is 2.99. The Morgan fingerprint density at radius 1 is 1.38 bits per heavy atom. The number of piperazine rings is 1. The minimum absolute atomic E-state index is 0.109. The lowest BCUT2D eigenvalue weighted by Crippen LogP contribution is -2.50. The van der Waals surface area contributed by atoms with Gasteiger partial charge >= 0.3 is 0 Å². The summed E-state index contributed by atoms with van der Waals surface area (Å²) < 4.78 is 0. The normalized spacial score (nSPS) is 23.0. The van der Waals surface area contributed by atoms with Crippen LogP contribution in [0, 0.1) is 5.92 Å². The molecule has 21 heavy (non-hydrogen) atoms. The molecule has 0 N–H and O–H groups in total. The molecule has 2 saturated heterocycles. The fourth-order valence-electron chi connectivity index (χ4n) is 2.99. The van der Waals surface area contributed by atoms with E-state index in [1.807, 2.05) is 17.2 Å².